The number of piperazine rings is 1. The number of aryl methyl sites for hydroxylation is 1. The average molecular weight is 681 g/mol. The first-order valence-electron chi connectivity index (χ1n) is 17.4. The van der Waals surface area contributed by atoms with E-state index in [1.165, 1.54) is 63.1 Å². The fraction of sp³-hybridized carbons (Fsp3) is 0.444. The first kappa shape index (κ1) is 32.0. The molecule has 49 heavy (non-hydrogen) atoms. The molecule has 0 spiro atoms. The van der Waals surface area contributed by atoms with Crippen LogP contribution >= 0.6 is 7.14 Å². The molecule has 2 saturated heterocycles. The van der Waals surface area contributed by atoms with Crippen LogP contribution in [0, 0.1) is 6.92 Å². The van der Waals surface area contributed by atoms with Crippen LogP contribution in [0.2, 0.25) is 0 Å². The van der Waals surface area contributed by atoms with Gasteiger partial charge >= 0.3 is 0 Å². The Kier molecular flexibility index (Phi) is 8.42. The minimum absolute atomic E-state index is 0.406. The van der Waals surface area contributed by atoms with Gasteiger partial charge in [0.15, 0.2) is 0 Å². The Labute approximate surface area is 287 Å². The average Bonchev–Trinajstić information content (AvgIpc) is 3.85. The molecule has 3 N–H and O–H groups in total. The largest absolute Gasteiger partial charge is 0.494 e. The standard InChI is InChI=1S/C36H45N10O2P/c1-23-21-29(31(48-2)22-30(23)46-15-10-25(11-16-46)45-19-17-44(18-20-45)24-5-6-24)41-36-42-34-26(9-12-39-34)35(43-36)40-28-8-7-27-32(38-14-13-37-27)33(28)49(3,4)47/h7-9,12-14,21-22,24-25H,5-6,10-11,15-20H2,1-4H3,(H3,39,40,41,42,43). The lowest BCUT2D eigenvalue weighted by atomic mass is 10.0. The topological polar surface area (TPSA) is 127 Å². The fourth-order valence-electron chi connectivity index (χ4n) is 7.67. The van der Waals surface area contributed by atoms with Crippen molar-refractivity contribution >= 4 is 63.3 Å². The van der Waals surface area contributed by atoms with Gasteiger partial charge in [0.1, 0.15) is 29.9 Å². The van der Waals surface area contributed by atoms with Crippen LogP contribution in [0.1, 0.15) is 31.2 Å². The molecule has 1 aliphatic carbocycles. The molecule has 256 valence electrons. The van der Waals surface area contributed by atoms with Gasteiger partial charge in [-0.3, -0.25) is 19.8 Å². The monoisotopic (exact) mass is 680 g/mol. The first-order valence-corrected chi connectivity index (χ1v) is 20.0. The molecule has 0 amide bonds. The van der Waals surface area contributed by atoms with E-state index in [-0.39, 0.29) is 0 Å². The molecule has 1 saturated carbocycles. The number of aromatic nitrogens is 5. The highest BCUT2D eigenvalue weighted by Crippen LogP contribution is 2.42. The molecule has 0 atom stereocenters. The summed E-state index contributed by atoms with van der Waals surface area (Å²) in [6, 6.07) is 11.5. The zero-order valence-electron chi connectivity index (χ0n) is 28.7. The molecule has 0 bridgehead atoms. The van der Waals surface area contributed by atoms with Crippen molar-refractivity contribution in [3.8, 4) is 5.75 Å². The van der Waals surface area contributed by atoms with E-state index in [2.05, 4.69) is 59.3 Å². The number of ether oxygens (including phenoxy) is 1. The number of rotatable bonds is 9. The van der Waals surface area contributed by atoms with Gasteiger partial charge in [-0.25, -0.2) is 0 Å². The molecule has 0 unspecified atom stereocenters. The van der Waals surface area contributed by atoms with Gasteiger partial charge in [-0.2, -0.15) is 9.97 Å². The Hall–Kier alpha value is -4.25. The zero-order valence-corrected chi connectivity index (χ0v) is 29.6. The number of aromatic amines is 1. The van der Waals surface area contributed by atoms with E-state index in [1.807, 2.05) is 24.4 Å². The van der Waals surface area contributed by atoms with Crippen LogP contribution in [0.3, 0.4) is 0 Å². The van der Waals surface area contributed by atoms with Gasteiger partial charge in [-0.1, -0.05) is 0 Å². The maximum Gasteiger partial charge on any atom is 0.231 e. The molecule has 3 aromatic heterocycles. The number of nitrogens with one attached hydrogen (secondary N) is 3. The molecule has 2 aliphatic heterocycles. The third-order valence-electron chi connectivity index (χ3n) is 10.3. The molecule has 0 radical (unpaired) electrons. The lowest BCUT2D eigenvalue weighted by Crippen LogP contribution is -2.53. The van der Waals surface area contributed by atoms with Crippen LogP contribution in [0.5, 0.6) is 5.75 Å². The summed E-state index contributed by atoms with van der Waals surface area (Å²) in [6.45, 7) is 12.6. The molecule has 8 rings (SSSR count). The summed E-state index contributed by atoms with van der Waals surface area (Å²) in [6.07, 6.45) is 10.3. The molecular formula is C36H45N10O2P. The van der Waals surface area contributed by atoms with Crippen molar-refractivity contribution in [3.63, 3.8) is 0 Å². The number of hydrogen-bond donors (Lipinski definition) is 3. The molecule has 3 aliphatic rings. The van der Waals surface area contributed by atoms with Crippen LogP contribution in [0.15, 0.2) is 48.9 Å². The van der Waals surface area contributed by atoms with Gasteiger partial charge in [-0.15, -0.1) is 0 Å². The third kappa shape index (κ3) is 6.45. The van der Waals surface area contributed by atoms with E-state index in [4.69, 9.17) is 14.7 Å². The Morgan fingerprint density at radius 3 is 2.27 bits per heavy atom. The predicted octanol–water partition coefficient (Wildman–Crippen LogP) is 5.70. The van der Waals surface area contributed by atoms with Crippen molar-refractivity contribution in [1.29, 1.82) is 0 Å². The van der Waals surface area contributed by atoms with Crippen molar-refractivity contribution in [2.75, 3.05) is 75.2 Å². The maximum absolute atomic E-state index is 13.5. The Bertz CT molecular complexity index is 2040. The number of methoxy groups -OCH3 is 1. The van der Waals surface area contributed by atoms with Crippen LogP contribution in [0.25, 0.3) is 22.1 Å². The molecule has 3 fully saturated rings. The van der Waals surface area contributed by atoms with Crippen molar-refractivity contribution in [2.24, 2.45) is 0 Å². The number of nitrogens with zero attached hydrogens (tertiary/aromatic N) is 7. The fourth-order valence-corrected chi connectivity index (χ4v) is 9.07. The van der Waals surface area contributed by atoms with Crippen LogP contribution < -0.4 is 25.6 Å². The van der Waals surface area contributed by atoms with E-state index >= 15 is 0 Å². The quantitative estimate of drug-likeness (QED) is 0.166. The van der Waals surface area contributed by atoms with E-state index in [1.54, 1.807) is 32.8 Å². The Morgan fingerprint density at radius 2 is 1.57 bits per heavy atom. The number of fused-ring (bicyclic) bond motifs is 2. The summed E-state index contributed by atoms with van der Waals surface area (Å²) in [5.74, 6) is 1.72. The van der Waals surface area contributed by atoms with Gasteiger partial charge < -0.3 is 29.8 Å². The molecule has 5 aromatic rings. The van der Waals surface area contributed by atoms with E-state index in [9.17, 15) is 4.57 Å². The molecule has 2 aromatic carbocycles. The number of hydrogen-bond acceptors (Lipinski definition) is 11. The van der Waals surface area contributed by atoms with Gasteiger partial charge in [0.2, 0.25) is 5.95 Å². The van der Waals surface area contributed by atoms with E-state index < -0.39 is 7.14 Å². The minimum atomic E-state index is -2.75. The number of piperidine rings is 1. The molecule has 13 heteroatoms. The minimum Gasteiger partial charge on any atom is -0.494 e. The smallest absolute Gasteiger partial charge is 0.231 e. The lowest BCUT2D eigenvalue weighted by Gasteiger charge is -2.43. The molecule has 12 nitrogen and oxygen atoms in total. The second kappa shape index (κ2) is 12.9. The first-order chi connectivity index (χ1) is 23.7. The van der Waals surface area contributed by atoms with E-state index in [0.29, 0.717) is 45.5 Å². The van der Waals surface area contributed by atoms with Gasteiger partial charge in [0.25, 0.3) is 0 Å². The molecular weight excluding hydrogens is 635 g/mol. The summed E-state index contributed by atoms with van der Waals surface area (Å²) >= 11 is 0. The van der Waals surface area contributed by atoms with Crippen LogP contribution in [0.4, 0.5) is 28.8 Å². The zero-order chi connectivity index (χ0) is 33.7. The van der Waals surface area contributed by atoms with Gasteiger partial charge in [0, 0.05) is 81.7 Å². The predicted molar refractivity (Wildman–Crippen MR) is 198 cm³/mol. The summed E-state index contributed by atoms with van der Waals surface area (Å²) in [5, 5.41) is 8.34. The summed E-state index contributed by atoms with van der Waals surface area (Å²) in [7, 11) is -1.05. The third-order valence-corrected chi connectivity index (χ3v) is 11.8. The second-order valence-electron chi connectivity index (χ2n) is 14.0. The highest BCUT2D eigenvalue weighted by molar-refractivity contribution is 7.71. The Balaban J connectivity index is 1.02. The normalized spacial score (nSPS) is 18.3. The summed E-state index contributed by atoms with van der Waals surface area (Å²) < 4.78 is 19.5. The van der Waals surface area contributed by atoms with Crippen molar-refractivity contribution in [2.45, 2.75) is 44.7 Å². The highest BCUT2D eigenvalue weighted by Gasteiger charge is 2.34. The van der Waals surface area contributed by atoms with Crippen molar-refractivity contribution in [3.05, 3.63) is 54.5 Å². The van der Waals surface area contributed by atoms with Crippen molar-refractivity contribution in [1.82, 2.24) is 34.7 Å². The Morgan fingerprint density at radius 1 is 0.857 bits per heavy atom. The highest BCUT2D eigenvalue weighted by atomic mass is 31.2. The number of H-pyrrole nitrogens is 1. The lowest BCUT2D eigenvalue weighted by molar-refractivity contribution is 0.0809. The van der Waals surface area contributed by atoms with Crippen LogP contribution in [-0.4, -0.2) is 107 Å². The van der Waals surface area contributed by atoms with Gasteiger partial charge in [0.05, 0.1) is 34.7 Å². The van der Waals surface area contributed by atoms with E-state index in [0.717, 1.165) is 36.0 Å². The van der Waals surface area contributed by atoms with Gasteiger partial charge in [-0.05, 0) is 75.8 Å². The molecule has 5 heterocycles. The maximum atomic E-state index is 13.5. The van der Waals surface area contributed by atoms with Crippen LogP contribution in [-0.2, 0) is 4.57 Å². The summed E-state index contributed by atoms with van der Waals surface area (Å²) in [4.78, 5) is 29.8. The second-order valence-corrected chi connectivity index (χ2v) is 17.1. The number of anilines is 5. The SMILES string of the molecule is COc1cc(N2CCC(N3CCN(C4CC4)CC3)CC2)c(C)cc1Nc1nc(Nc2ccc3nccnc3c2P(C)(C)=O)c2cc[nH]c2n1. The number of benzene rings is 2. The van der Waals surface area contributed by atoms with Crippen molar-refractivity contribution < 1.29 is 9.30 Å². The summed E-state index contributed by atoms with van der Waals surface area (Å²) in [5.41, 5.74) is 5.83.